The number of rotatable bonds is 0. The van der Waals surface area contributed by atoms with Gasteiger partial charge in [0.05, 0.1) is 0 Å². The van der Waals surface area contributed by atoms with Crippen molar-refractivity contribution < 1.29 is 13.2 Å². The highest BCUT2D eigenvalue weighted by Gasteiger charge is 2.36. The fourth-order valence-corrected chi connectivity index (χ4v) is 1.11. The molecular formula is C8H7F3N4. The highest BCUT2D eigenvalue weighted by molar-refractivity contribution is 5.31. The van der Waals surface area contributed by atoms with Crippen LogP contribution in [-0.4, -0.2) is 19.6 Å². The van der Waals surface area contributed by atoms with Crippen molar-refractivity contribution >= 4 is 5.78 Å². The molecule has 0 bridgehead atoms. The first kappa shape index (κ1) is 9.88. The SMILES string of the molecule is Cc1cn2nc(C(F)(F)F)nc2nc1C. The van der Waals surface area contributed by atoms with E-state index in [2.05, 4.69) is 15.1 Å². The van der Waals surface area contributed by atoms with Crippen LogP contribution in [0.3, 0.4) is 0 Å². The van der Waals surface area contributed by atoms with E-state index in [9.17, 15) is 13.2 Å². The molecule has 0 atom stereocenters. The Labute approximate surface area is 82.8 Å². The lowest BCUT2D eigenvalue weighted by Gasteiger charge is -1.97. The third kappa shape index (κ3) is 1.64. The molecule has 0 amide bonds. The summed E-state index contributed by atoms with van der Waals surface area (Å²) in [7, 11) is 0. The van der Waals surface area contributed by atoms with E-state index < -0.39 is 12.0 Å². The Morgan fingerprint density at radius 3 is 2.47 bits per heavy atom. The summed E-state index contributed by atoms with van der Waals surface area (Å²) in [6, 6.07) is 0. The van der Waals surface area contributed by atoms with Gasteiger partial charge in [0, 0.05) is 11.9 Å². The van der Waals surface area contributed by atoms with Gasteiger partial charge >= 0.3 is 6.18 Å². The van der Waals surface area contributed by atoms with Crippen molar-refractivity contribution in [2.45, 2.75) is 20.0 Å². The van der Waals surface area contributed by atoms with Gasteiger partial charge in [-0.1, -0.05) is 0 Å². The molecule has 15 heavy (non-hydrogen) atoms. The summed E-state index contributed by atoms with van der Waals surface area (Å²) in [6.45, 7) is 3.45. The zero-order valence-corrected chi connectivity index (χ0v) is 8.00. The summed E-state index contributed by atoms with van der Waals surface area (Å²) in [6.07, 6.45) is -3.06. The van der Waals surface area contributed by atoms with Gasteiger partial charge < -0.3 is 0 Å². The van der Waals surface area contributed by atoms with Gasteiger partial charge in [-0.05, 0) is 19.4 Å². The molecule has 0 saturated carbocycles. The quantitative estimate of drug-likeness (QED) is 0.673. The average molecular weight is 216 g/mol. The Hall–Kier alpha value is -1.66. The lowest BCUT2D eigenvalue weighted by Crippen LogP contribution is -2.07. The van der Waals surface area contributed by atoms with E-state index in [4.69, 9.17) is 0 Å². The molecule has 0 aliphatic heterocycles. The summed E-state index contributed by atoms with van der Waals surface area (Å²) in [5.41, 5.74) is 1.41. The summed E-state index contributed by atoms with van der Waals surface area (Å²) in [5, 5.41) is 3.30. The molecule has 0 radical (unpaired) electrons. The lowest BCUT2D eigenvalue weighted by molar-refractivity contribution is -0.144. The Morgan fingerprint density at radius 2 is 1.87 bits per heavy atom. The Kier molecular flexibility index (Phi) is 1.92. The van der Waals surface area contributed by atoms with Crippen molar-refractivity contribution in [2.75, 3.05) is 0 Å². The summed E-state index contributed by atoms with van der Waals surface area (Å²) in [4.78, 5) is 7.20. The standard InChI is InChI=1S/C8H7F3N4/c1-4-3-15-7(12-5(4)2)13-6(14-15)8(9,10)11/h3H,1-2H3. The number of fused-ring (bicyclic) bond motifs is 1. The van der Waals surface area contributed by atoms with Crippen molar-refractivity contribution in [3.8, 4) is 0 Å². The first-order chi connectivity index (χ1) is 6.88. The molecule has 0 aromatic carbocycles. The van der Waals surface area contributed by atoms with E-state index in [1.807, 2.05) is 0 Å². The van der Waals surface area contributed by atoms with E-state index in [-0.39, 0.29) is 5.78 Å². The zero-order valence-electron chi connectivity index (χ0n) is 8.00. The van der Waals surface area contributed by atoms with E-state index in [1.165, 1.54) is 6.20 Å². The number of nitrogens with zero attached hydrogens (tertiary/aromatic N) is 4. The second kappa shape index (κ2) is 2.91. The summed E-state index contributed by atoms with van der Waals surface area (Å²) >= 11 is 0. The lowest BCUT2D eigenvalue weighted by atomic mass is 10.3. The molecule has 7 heteroatoms. The summed E-state index contributed by atoms with van der Waals surface area (Å²) < 4.78 is 37.8. The Bertz CT molecular complexity index is 475. The van der Waals surface area contributed by atoms with Crippen LogP contribution in [0.15, 0.2) is 6.20 Å². The molecule has 4 nitrogen and oxygen atoms in total. The van der Waals surface area contributed by atoms with E-state index >= 15 is 0 Å². The first-order valence-electron chi connectivity index (χ1n) is 4.16. The molecule has 0 fully saturated rings. The average Bonchev–Trinajstić information content (AvgIpc) is 2.47. The molecule has 2 aromatic rings. The fourth-order valence-electron chi connectivity index (χ4n) is 1.11. The largest absolute Gasteiger partial charge is 0.453 e. The maximum absolute atomic E-state index is 12.3. The zero-order chi connectivity index (χ0) is 11.2. The van der Waals surface area contributed by atoms with Crippen LogP contribution in [0.25, 0.3) is 5.78 Å². The fraction of sp³-hybridized carbons (Fsp3) is 0.375. The van der Waals surface area contributed by atoms with Gasteiger partial charge in [0.1, 0.15) is 0 Å². The van der Waals surface area contributed by atoms with Gasteiger partial charge in [0.25, 0.3) is 11.6 Å². The highest BCUT2D eigenvalue weighted by Crippen LogP contribution is 2.26. The van der Waals surface area contributed by atoms with Gasteiger partial charge in [-0.2, -0.15) is 18.2 Å². The molecule has 0 aliphatic carbocycles. The normalized spacial score (nSPS) is 12.3. The topological polar surface area (TPSA) is 43.1 Å². The summed E-state index contributed by atoms with van der Waals surface area (Å²) in [5.74, 6) is -1.20. The highest BCUT2D eigenvalue weighted by atomic mass is 19.4. The predicted octanol–water partition coefficient (Wildman–Crippen LogP) is 1.76. The van der Waals surface area contributed by atoms with Gasteiger partial charge in [0.2, 0.25) is 0 Å². The molecule has 0 N–H and O–H groups in total. The molecular weight excluding hydrogens is 209 g/mol. The molecule has 2 heterocycles. The third-order valence-corrected chi connectivity index (χ3v) is 2.02. The minimum Gasteiger partial charge on any atom is -0.216 e. The predicted molar refractivity (Wildman–Crippen MR) is 45.3 cm³/mol. The smallest absolute Gasteiger partial charge is 0.216 e. The van der Waals surface area contributed by atoms with E-state index in [0.29, 0.717) is 5.69 Å². The van der Waals surface area contributed by atoms with Crippen molar-refractivity contribution in [3.05, 3.63) is 23.3 Å². The second-order valence-corrected chi connectivity index (χ2v) is 3.19. The van der Waals surface area contributed by atoms with Crippen LogP contribution in [0.1, 0.15) is 17.1 Å². The maximum atomic E-state index is 12.3. The van der Waals surface area contributed by atoms with Gasteiger partial charge in [-0.15, -0.1) is 5.10 Å². The Balaban J connectivity index is 2.66. The third-order valence-electron chi connectivity index (χ3n) is 2.02. The maximum Gasteiger partial charge on any atom is 0.453 e. The van der Waals surface area contributed by atoms with Crippen LogP contribution in [-0.2, 0) is 6.18 Å². The molecule has 0 saturated heterocycles. The minimum absolute atomic E-state index is 0.0366. The van der Waals surface area contributed by atoms with Crippen LogP contribution in [0, 0.1) is 13.8 Å². The van der Waals surface area contributed by atoms with Crippen LogP contribution in [0.5, 0.6) is 0 Å². The number of alkyl halides is 3. The van der Waals surface area contributed by atoms with Crippen LogP contribution < -0.4 is 0 Å². The number of halogens is 3. The van der Waals surface area contributed by atoms with Crippen LogP contribution in [0.2, 0.25) is 0 Å². The molecule has 0 aliphatic rings. The van der Waals surface area contributed by atoms with E-state index in [1.54, 1.807) is 13.8 Å². The Morgan fingerprint density at radius 1 is 1.20 bits per heavy atom. The van der Waals surface area contributed by atoms with Crippen molar-refractivity contribution in [1.82, 2.24) is 19.6 Å². The van der Waals surface area contributed by atoms with Gasteiger partial charge in [0.15, 0.2) is 0 Å². The number of aryl methyl sites for hydroxylation is 2. The molecule has 0 unspecified atom stereocenters. The monoisotopic (exact) mass is 216 g/mol. The molecule has 80 valence electrons. The first-order valence-corrected chi connectivity index (χ1v) is 4.16. The van der Waals surface area contributed by atoms with Crippen LogP contribution >= 0.6 is 0 Å². The minimum atomic E-state index is -4.53. The van der Waals surface area contributed by atoms with Crippen molar-refractivity contribution in [3.63, 3.8) is 0 Å². The molecule has 2 aromatic heterocycles. The van der Waals surface area contributed by atoms with Gasteiger partial charge in [-0.3, -0.25) is 0 Å². The number of aromatic nitrogens is 4. The van der Waals surface area contributed by atoms with Crippen molar-refractivity contribution in [1.29, 1.82) is 0 Å². The second-order valence-electron chi connectivity index (χ2n) is 3.19. The van der Waals surface area contributed by atoms with Gasteiger partial charge in [-0.25, -0.2) is 9.50 Å². The van der Waals surface area contributed by atoms with Crippen molar-refractivity contribution in [2.24, 2.45) is 0 Å². The van der Waals surface area contributed by atoms with Crippen LogP contribution in [0.4, 0.5) is 13.2 Å². The molecule has 2 rings (SSSR count). The molecule has 0 spiro atoms. The number of hydrogen-bond donors (Lipinski definition) is 0. The van der Waals surface area contributed by atoms with E-state index in [0.717, 1.165) is 10.1 Å². The number of hydrogen-bond acceptors (Lipinski definition) is 3.